The van der Waals surface area contributed by atoms with Gasteiger partial charge in [-0.3, -0.25) is 4.79 Å². The summed E-state index contributed by atoms with van der Waals surface area (Å²) in [5.74, 6) is 0.901. The molecule has 0 aromatic heterocycles. The lowest BCUT2D eigenvalue weighted by molar-refractivity contribution is -0.179. The number of ether oxygens (including phenoxy) is 2. The molecule has 2 aliphatic carbocycles. The van der Waals surface area contributed by atoms with Gasteiger partial charge in [-0.25, -0.2) is 0 Å². The Morgan fingerprint density at radius 3 is 2.71 bits per heavy atom. The van der Waals surface area contributed by atoms with Crippen molar-refractivity contribution < 1.29 is 14.3 Å². The lowest BCUT2D eigenvalue weighted by atomic mass is 9.83. The summed E-state index contributed by atoms with van der Waals surface area (Å²) in [5.41, 5.74) is -0.372. The molecule has 2 aliphatic rings. The highest BCUT2D eigenvalue weighted by Crippen LogP contribution is 2.53. The monoisotopic (exact) mass is 198 g/mol. The SMILES string of the molecule is COC1C2CCC(C2)C1(C)OC(C)=O. The average molecular weight is 198 g/mol. The number of carbonyl (C=O) groups excluding carboxylic acids is 1. The predicted octanol–water partition coefficient (Wildman–Crippen LogP) is 1.75. The molecule has 14 heavy (non-hydrogen) atoms. The van der Waals surface area contributed by atoms with Crippen molar-refractivity contribution in [1.29, 1.82) is 0 Å². The fourth-order valence-electron chi connectivity index (χ4n) is 3.39. The van der Waals surface area contributed by atoms with Crippen LogP contribution in [0.3, 0.4) is 0 Å². The fourth-order valence-corrected chi connectivity index (χ4v) is 3.39. The van der Waals surface area contributed by atoms with Gasteiger partial charge in [0.2, 0.25) is 0 Å². The van der Waals surface area contributed by atoms with Crippen molar-refractivity contribution in [1.82, 2.24) is 0 Å². The topological polar surface area (TPSA) is 35.5 Å². The zero-order valence-electron chi connectivity index (χ0n) is 9.08. The Balaban J connectivity index is 2.19. The van der Waals surface area contributed by atoms with Gasteiger partial charge >= 0.3 is 5.97 Å². The molecule has 0 N–H and O–H groups in total. The third kappa shape index (κ3) is 1.26. The van der Waals surface area contributed by atoms with E-state index in [4.69, 9.17) is 9.47 Å². The molecule has 80 valence electrons. The summed E-state index contributed by atoms with van der Waals surface area (Å²) in [6.07, 6.45) is 3.65. The molecule has 0 aromatic carbocycles. The Hall–Kier alpha value is -0.570. The smallest absolute Gasteiger partial charge is 0.303 e. The molecule has 2 fully saturated rings. The van der Waals surface area contributed by atoms with Crippen molar-refractivity contribution >= 4 is 5.97 Å². The molecule has 0 heterocycles. The summed E-state index contributed by atoms with van der Waals surface area (Å²) >= 11 is 0. The highest BCUT2D eigenvalue weighted by molar-refractivity contribution is 5.66. The number of esters is 1. The molecule has 2 rings (SSSR count). The van der Waals surface area contributed by atoms with E-state index in [1.165, 1.54) is 19.8 Å². The molecule has 3 nitrogen and oxygen atoms in total. The molecule has 3 heteroatoms. The van der Waals surface area contributed by atoms with Gasteiger partial charge in [0.1, 0.15) is 5.60 Å². The Morgan fingerprint density at radius 2 is 2.14 bits per heavy atom. The van der Waals surface area contributed by atoms with Gasteiger partial charge in [0.15, 0.2) is 0 Å². The molecule has 0 amide bonds. The lowest BCUT2D eigenvalue weighted by Gasteiger charge is -2.39. The van der Waals surface area contributed by atoms with E-state index in [9.17, 15) is 4.79 Å². The Morgan fingerprint density at radius 1 is 1.43 bits per heavy atom. The molecule has 0 aliphatic heterocycles. The maximum Gasteiger partial charge on any atom is 0.303 e. The van der Waals surface area contributed by atoms with E-state index in [0.29, 0.717) is 11.8 Å². The lowest BCUT2D eigenvalue weighted by Crippen LogP contribution is -2.48. The van der Waals surface area contributed by atoms with Crippen molar-refractivity contribution in [3.05, 3.63) is 0 Å². The second kappa shape index (κ2) is 3.23. The van der Waals surface area contributed by atoms with Crippen molar-refractivity contribution in [2.24, 2.45) is 11.8 Å². The van der Waals surface area contributed by atoms with Crippen LogP contribution in [0.25, 0.3) is 0 Å². The van der Waals surface area contributed by atoms with Gasteiger partial charge in [0, 0.05) is 20.0 Å². The summed E-state index contributed by atoms with van der Waals surface area (Å²) in [5, 5.41) is 0. The normalized spacial score (nSPS) is 45.5. The Labute approximate surface area is 84.8 Å². The first kappa shape index (κ1) is 9.97. The van der Waals surface area contributed by atoms with E-state index >= 15 is 0 Å². The van der Waals surface area contributed by atoms with Crippen LogP contribution in [0.5, 0.6) is 0 Å². The number of carbonyl (C=O) groups is 1. The highest BCUT2D eigenvalue weighted by Gasteiger charge is 2.58. The quantitative estimate of drug-likeness (QED) is 0.634. The van der Waals surface area contributed by atoms with Crippen molar-refractivity contribution in [2.75, 3.05) is 7.11 Å². The van der Waals surface area contributed by atoms with E-state index in [2.05, 4.69) is 0 Å². The molecule has 2 bridgehead atoms. The second-order valence-electron chi connectivity index (χ2n) is 4.70. The van der Waals surface area contributed by atoms with E-state index in [1.807, 2.05) is 6.92 Å². The van der Waals surface area contributed by atoms with Gasteiger partial charge in [-0.05, 0) is 32.1 Å². The van der Waals surface area contributed by atoms with Gasteiger partial charge < -0.3 is 9.47 Å². The minimum Gasteiger partial charge on any atom is -0.456 e. The molecule has 0 saturated heterocycles. The average Bonchev–Trinajstić information content (AvgIpc) is 2.60. The number of methoxy groups -OCH3 is 1. The third-order valence-corrected chi connectivity index (χ3v) is 3.89. The van der Waals surface area contributed by atoms with Crippen LogP contribution < -0.4 is 0 Å². The van der Waals surface area contributed by atoms with E-state index in [0.717, 1.165) is 6.42 Å². The highest BCUT2D eigenvalue weighted by atomic mass is 16.6. The molecule has 4 atom stereocenters. The molecular weight excluding hydrogens is 180 g/mol. The first-order valence-corrected chi connectivity index (χ1v) is 5.30. The van der Waals surface area contributed by atoms with Crippen LogP contribution in [-0.4, -0.2) is 24.8 Å². The van der Waals surface area contributed by atoms with Crippen LogP contribution in [0, 0.1) is 11.8 Å². The standard InChI is InChI=1S/C11H18O3/c1-7(12)14-11(2)9-5-4-8(6-9)10(11)13-3/h8-10H,4-6H2,1-3H3. The number of hydrogen-bond acceptors (Lipinski definition) is 3. The fraction of sp³-hybridized carbons (Fsp3) is 0.909. The van der Waals surface area contributed by atoms with Crippen LogP contribution in [0.15, 0.2) is 0 Å². The first-order valence-electron chi connectivity index (χ1n) is 5.30. The third-order valence-electron chi connectivity index (χ3n) is 3.89. The van der Waals surface area contributed by atoms with Gasteiger partial charge in [-0.2, -0.15) is 0 Å². The van der Waals surface area contributed by atoms with Crippen LogP contribution >= 0.6 is 0 Å². The van der Waals surface area contributed by atoms with E-state index in [1.54, 1.807) is 7.11 Å². The largest absolute Gasteiger partial charge is 0.456 e. The maximum absolute atomic E-state index is 11.1. The number of rotatable bonds is 2. The summed E-state index contributed by atoms with van der Waals surface area (Å²) in [6.45, 7) is 3.50. The van der Waals surface area contributed by atoms with E-state index < -0.39 is 0 Å². The van der Waals surface area contributed by atoms with Crippen LogP contribution in [0.4, 0.5) is 0 Å². The van der Waals surface area contributed by atoms with E-state index in [-0.39, 0.29) is 17.7 Å². The van der Waals surface area contributed by atoms with Gasteiger partial charge in [0.25, 0.3) is 0 Å². The van der Waals surface area contributed by atoms with Crippen molar-refractivity contribution in [3.8, 4) is 0 Å². The summed E-state index contributed by atoms with van der Waals surface area (Å²) < 4.78 is 11.0. The molecule has 0 radical (unpaired) electrons. The second-order valence-corrected chi connectivity index (χ2v) is 4.70. The van der Waals surface area contributed by atoms with Gasteiger partial charge in [-0.1, -0.05) is 0 Å². The van der Waals surface area contributed by atoms with Gasteiger partial charge in [0.05, 0.1) is 6.10 Å². The molecule has 4 unspecified atom stereocenters. The molecule has 2 saturated carbocycles. The summed E-state index contributed by atoms with van der Waals surface area (Å²) in [4.78, 5) is 11.1. The van der Waals surface area contributed by atoms with Gasteiger partial charge in [-0.15, -0.1) is 0 Å². The zero-order valence-corrected chi connectivity index (χ0v) is 9.08. The van der Waals surface area contributed by atoms with Crippen molar-refractivity contribution in [2.45, 2.75) is 44.8 Å². The number of fused-ring (bicyclic) bond motifs is 2. The molecule has 0 spiro atoms. The number of hydrogen-bond donors (Lipinski definition) is 0. The first-order chi connectivity index (χ1) is 6.58. The summed E-state index contributed by atoms with van der Waals surface area (Å²) in [6, 6.07) is 0. The predicted molar refractivity (Wildman–Crippen MR) is 51.8 cm³/mol. The minimum absolute atomic E-state index is 0.102. The van der Waals surface area contributed by atoms with Crippen LogP contribution in [0.2, 0.25) is 0 Å². The molecular formula is C11H18O3. The van der Waals surface area contributed by atoms with Crippen molar-refractivity contribution in [3.63, 3.8) is 0 Å². The molecule has 0 aromatic rings. The van der Waals surface area contributed by atoms with Crippen LogP contribution in [0.1, 0.15) is 33.1 Å². The Bertz CT molecular complexity index is 251. The minimum atomic E-state index is -0.372. The summed E-state index contributed by atoms with van der Waals surface area (Å²) in [7, 11) is 1.72. The zero-order chi connectivity index (χ0) is 10.3. The Kier molecular flexibility index (Phi) is 2.30. The maximum atomic E-state index is 11.1. The van der Waals surface area contributed by atoms with Crippen LogP contribution in [-0.2, 0) is 14.3 Å².